The lowest BCUT2D eigenvalue weighted by Gasteiger charge is -2.24. The minimum absolute atomic E-state index is 0.118. The second kappa shape index (κ2) is 9.55. The first-order chi connectivity index (χ1) is 12.8. The number of carbonyl (C=O) groups excluding carboxylic acids is 1. The molecule has 1 atom stereocenters. The zero-order valence-corrected chi connectivity index (χ0v) is 15.2. The van der Waals surface area contributed by atoms with Crippen LogP contribution in [0, 0.1) is 0 Å². The van der Waals surface area contributed by atoms with Gasteiger partial charge in [0.15, 0.2) is 0 Å². The molecule has 0 radical (unpaired) electrons. The Morgan fingerprint density at radius 3 is 2.22 bits per heavy atom. The number of benzene rings is 2. The monoisotopic (exact) mass is 379 g/mol. The van der Waals surface area contributed by atoms with Crippen LogP contribution in [0.5, 0.6) is 0 Å². The van der Waals surface area contributed by atoms with E-state index in [0.717, 1.165) is 17.7 Å². The molecule has 0 spiro atoms. The number of hydrogen-bond acceptors (Lipinski definition) is 2. The molecule has 0 aliphatic rings. The summed E-state index contributed by atoms with van der Waals surface area (Å²) in [4.78, 5) is 14.2. The summed E-state index contributed by atoms with van der Waals surface area (Å²) < 4.78 is 38.0. The number of hydrogen-bond donors (Lipinski definition) is 1. The zero-order valence-electron chi connectivity index (χ0n) is 15.2. The van der Waals surface area contributed by atoms with Crippen LogP contribution < -0.4 is 0 Å². The van der Waals surface area contributed by atoms with Crippen molar-refractivity contribution in [3.8, 4) is 0 Å². The van der Waals surface area contributed by atoms with Crippen LogP contribution in [0.1, 0.15) is 36.0 Å². The quantitative estimate of drug-likeness (QED) is 0.744. The molecular formula is C21H24F3NO2. The summed E-state index contributed by atoms with van der Waals surface area (Å²) >= 11 is 0. The Hall–Kier alpha value is -2.34. The summed E-state index contributed by atoms with van der Waals surface area (Å²) in [6, 6.07) is 14.7. The van der Waals surface area contributed by atoms with Crippen LogP contribution in [0.4, 0.5) is 13.2 Å². The van der Waals surface area contributed by atoms with Crippen molar-refractivity contribution in [2.75, 3.05) is 19.7 Å². The fourth-order valence-corrected chi connectivity index (χ4v) is 2.90. The predicted octanol–water partition coefficient (Wildman–Crippen LogP) is 4.26. The predicted molar refractivity (Wildman–Crippen MR) is 98.3 cm³/mol. The van der Waals surface area contributed by atoms with Gasteiger partial charge < -0.3 is 10.0 Å². The summed E-state index contributed by atoms with van der Waals surface area (Å²) in [6.45, 7) is 2.42. The second-order valence-corrected chi connectivity index (χ2v) is 6.56. The number of carbonyl (C=O) groups is 1. The van der Waals surface area contributed by atoms with E-state index in [1.807, 2.05) is 37.3 Å². The molecule has 2 rings (SSSR count). The van der Waals surface area contributed by atoms with Crippen LogP contribution in [-0.2, 0) is 17.4 Å². The first-order valence-corrected chi connectivity index (χ1v) is 8.91. The summed E-state index contributed by atoms with van der Waals surface area (Å²) in [5.41, 5.74) is 1.09. The summed E-state index contributed by atoms with van der Waals surface area (Å²) in [5, 5.41) is 9.24. The maximum absolute atomic E-state index is 12.7. The Kier molecular flexibility index (Phi) is 7.42. The molecular weight excluding hydrogens is 355 g/mol. The minimum Gasteiger partial charge on any atom is -0.395 e. The van der Waals surface area contributed by atoms with Crippen molar-refractivity contribution < 1.29 is 23.1 Å². The van der Waals surface area contributed by atoms with E-state index < -0.39 is 11.7 Å². The number of alkyl halides is 3. The van der Waals surface area contributed by atoms with Crippen molar-refractivity contribution in [1.82, 2.24) is 4.90 Å². The van der Waals surface area contributed by atoms with E-state index in [9.17, 15) is 23.1 Å². The summed E-state index contributed by atoms with van der Waals surface area (Å²) in [6.07, 6.45) is -3.51. The highest BCUT2D eigenvalue weighted by Gasteiger charge is 2.30. The fourth-order valence-electron chi connectivity index (χ4n) is 2.90. The van der Waals surface area contributed by atoms with Gasteiger partial charge in [-0.05, 0) is 35.6 Å². The van der Waals surface area contributed by atoms with E-state index >= 15 is 0 Å². The molecule has 0 aromatic heterocycles. The number of aliphatic hydroxyl groups excluding tert-OH is 1. The van der Waals surface area contributed by atoms with Crippen LogP contribution >= 0.6 is 0 Å². The number of amides is 1. The first-order valence-electron chi connectivity index (χ1n) is 8.91. The number of aliphatic hydroxyl groups is 1. The fraction of sp³-hybridized carbons (Fsp3) is 0.381. The lowest BCUT2D eigenvalue weighted by Crippen LogP contribution is -2.35. The highest BCUT2D eigenvalue weighted by molar-refractivity contribution is 5.77. The van der Waals surface area contributed by atoms with Crippen molar-refractivity contribution in [2.45, 2.75) is 31.9 Å². The van der Waals surface area contributed by atoms with Gasteiger partial charge in [0.25, 0.3) is 0 Å². The minimum atomic E-state index is -4.37. The largest absolute Gasteiger partial charge is 0.416 e. The molecule has 0 saturated carbocycles. The highest BCUT2D eigenvalue weighted by atomic mass is 19.4. The lowest BCUT2D eigenvalue weighted by atomic mass is 9.96. The van der Waals surface area contributed by atoms with Crippen LogP contribution in [0.3, 0.4) is 0 Å². The van der Waals surface area contributed by atoms with Gasteiger partial charge >= 0.3 is 6.18 Å². The number of rotatable bonds is 8. The Morgan fingerprint density at radius 1 is 1.04 bits per heavy atom. The normalized spacial score (nSPS) is 12.6. The van der Waals surface area contributed by atoms with Gasteiger partial charge in [0, 0.05) is 19.5 Å². The molecule has 0 bridgehead atoms. The maximum atomic E-state index is 12.7. The van der Waals surface area contributed by atoms with E-state index in [1.165, 1.54) is 12.1 Å². The van der Waals surface area contributed by atoms with Gasteiger partial charge in [-0.25, -0.2) is 0 Å². The Labute approximate surface area is 157 Å². The van der Waals surface area contributed by atoms with Gasteiger partial charge in [-0.2, -0.15) is 13.2 Å². The molecule has 0 aliphatic carbocycles. The average molecular weight is 379 g/mol. The molecule has 0 heterocycles. The number of halogens is 3. The average Bonchev–Trinajstić information content (AvgIpc) is 2.65. The number of nitrogens with zero attached hydrogens (tertiary/aromatic N) is 1. The summed E-state index contributed by atoms with van der Waals surface area (Å²) in [5.74, 6) is -0.329. The topological polar surface area (TPSA) is 40.5 Å². The SMILES string of the molecule is CC(CC(=O)N(CCO)CCc1ccccc1)c1ccc(C(F)(F)F)cc1. The van der Waals surface area contributed by atoms with Crippen molar-refractivity contribution in [2.24, 2.45) is 0 Å². The van der Waals surface area contributed by atoms with Crippen molar-refractivity contribution in [3.05, 3.63) is 71.3 Å². The van der Waals surface area contributed by atoms with Crippen molar-refractivity contribution in [3.63, 3.8) is 0 Å². The highest BCUT2D eigenvalue weighted by Crippen LogP contribution is 2.30. The lowest BCUT2D eigenvalue weighted by molar-refractivity contribution is -0.137. The molecule has 0 aliphatic heterocycles. The standard InChI is InChI=1S/C21H24F3NO2/c1-16(18-7-9-19(10-8-18)21(22,23)24)15-20(27)25(13-14-26)12-11-17-5-3-2-4-6-17/h2-10,16,26H,11-15H2,1H3. The maximum Gasteiger partial charge on any atom is 0.416 e. The van der Waals surface area contributed by atoms with E-state index in [4.69, 9.17) is 0 Å². The Bertz CT molecular complexity index is 714. The molecule has 3 nitrogen and oxygen atoms in total. The molecule has 1 unspecified atom stereocenters. The van der Waals surface area contributed by atoms with E-state index in [-0.39, 0.29) is 31.4 Å². The van der Waals surface area contributed by atoms with Gasteiger partial charge in [-0.15, -0.1) is 0 Å². The van der Waals surface area contributed by atoms with Crippen molar-refractivity contribution >= 4 is 5.91 Å². The molecule has 0 saturated heterocycles. The van der Waals surface area contributed by atoms with Crippen LogP contribution in [0.2, 0.25) is 0 Å². The van der Waals surface area contributed by atoms with E-state index in [1.54, 1.807) is 4.90 Å². The molecule has 0 fully saturated rings. The smallest absolute Gasteiger partial charge is 0.395 e. The van der Waals surface area contributed by atoms with Crippen LogP contribution in [0.25, 0.3) is 0 Å². The van der Waals surface area contributed by atoms with Crippen LogP contribution in [0.15, 0.2) is 54.6 Å². The third kappa shape index (κ3) is 6.40. The van der Waals surface area contributed by atoms with Gasteiger partial charge in [-0.1, -0.05) is 49.4 Å². The van der Waals surface area contributed by atoms with Crippen molar-refractivity contribution in [1.29, 1.82) is 0 Å². The second-order valence-electron chi connectivity index (χ2n) is 6.56. The first kappa shape index (κ1) is 21.0. The molecule has 27 heavy (non-hydrogen) atoms. The Morgan fingerprint density at radius 2 is 1.67 bits per heavy atom. The molecule has 6 heteroatoms. The molecule has 2 aromatic rings. The summed E-state index contributed by atoms with van der Waals surface area (Å²) in [7, 11) is 0. The van der Waals surface area contributed by atoms with Gasteiger partial charge in [0.1, 0.15) is 0 Å². The van der Waals surface area contributed by atoms with Gasteiger partial charge in [-0.3, -0.25) is 4.79 Å². The molecule has 2 aromatic carbocycles. The van der Waals surface area contributed by atoms with Crippen LogP contribution in [-0.4, -0.2) is 35.6 Å². The zero-order chi connectivity index (χ0) is 19.9. The molecule has 1 amide bonds. The third-order valence-corrected chi connectivity index (χ3v) is 4.52. The van der Waals surface area contributed by atoms with E-state index in [2.05, 4.69) is 0 Å². The van der Waals surface area contributed by atoms with Gasteiger partial charge in [0.05, 0.1) is 12.2 Å². The third-order valence-electron chi connectivity index (χ3n) is 4.52. The van der Waals surface area contributed by atoms with E-state index in [0.29, 0.717) is 18.5 Å². The van der Waals surface area contributed by atoms with Gasteiger partial charge in [0.2, 0.25) is 5.91 Å². The molecule has 146 valence electrons. The molecule has 1 N–H and O–H groups in total. The Balaban J connectivity index is 1.97.